The third kappa shape index (κ3) is 5.57. The molecule has 9 heteroatoms. The molecule has 0 amide bonds. The predicted octanol–water partition coefficient (Wildman–Crippen LogP) is 4.31. The van der Waals surface area contributed by atoms with E-state index in [9.17, 15) is 9.59 Å². The summed E-state index contributed by atoms with van der Waals surface area (Å²) in [5, 5.41) is 0.987. The van der Waals surface area contributed by atoms with Crippen molar-refractivity contribution in [2.75, 3.05) is 0 Å². The number of ketones is 1. The molecule has 0 aromatic heterocycles. The van der Waals surface area contributed by atoms with E-state index in [1.807, 2.05) is 0 Å². The number of esters is 1. The summed E-state index contributed by atoms with van der Waals surface area (Å²) in [5.41, 5.74) is 12.2. The van der Waals surface area contributed by atoms with Crippen molar-refractivity contribution in [1.82, 2.24) is 0 Å². The summed E-state index contributed by atoms with van der Waals surface area (Å²) >= 11 is 24.3. The lowest BCUT2D eigenvalue weighted by atomic mass is 9.98. The molecular formula is C18H16Cl4N2O3. The van der Waals surface area contributed by atoms with Gasteiger partial charge in [0.1, 0.15) is 6.04 Å². The SMILES string of the molecule is C[C@H](N)C(=O)Oc1cc(Cl)cc(C(=O)[C@@H](N)Cc2cc(Cl)ccc2Cl)c1Cl. The van der Waals surface area contributed by atoms with Crippen molar-refractivity contribution in [2.45, 2.75) is 25.4 Å². The van der Waals surface area contributed by atoms with E-state index in [0.717, 1.165) is 0 Å². The van der Waals surface area contributed by atoms with Gasteiger partial charge in [-0.3, -0.25) is 4.79 Å². The van der Waals surface area contributed by atoms with Crippen molar-refractivity contribution in [3.8, 4) is 5.75 Å². The van der Waals surface area contributed by atoms with Gasteiger partial charge in [-0.05, 0) is 43.2 Å². The summed E-state index contributed by atoms with van der Waals surface area (Å²) in [6, 6.07) is 5.73. The van der Waals surface area contributed by atoms with Gasteiger partial charge >= 0.3 is 5.97 Å². The van der Waals surface area contributed by atoms with E-state index >= 15 is 0 Å². The first-order valence-corrected chi connectivity index (χ1v) is 9.31. The van der Waals surface area contributed by atoms with Crippen LogP contribution in [-0.4, -0.2) is 23.8 Å². The first-order chi connectivity index (χ1) is 12.6. The third-order valence-corrected chi connectivity index (χ3v) is 4.85. The number of nitrogens with two attached hydrogens (primary N) is 2. The molecule has 4 N–H and O–H groups in total. The van der Waals surface area contributed by atoms with Gasteiger partial charge in [0, 0.05) is 26.7 Å². The fourth-order valence-corrected chi connectivity index (χ4v) is 3.09. The fraction of sp³-hybridized carbons (Fsp3) is 0.222. The van der Waals surface area contributed by atoms with Crippen molar-refractivity contribution >= 4 is 58.2 Å². The van der Waals surface area contributed by atoms with E-state index in [1.165, 1.54) is 19.1 Å². The molecule has 0 unspecified atom stereocenters. The Morgan fingerprint density at radius 1 is 1.04 bits per heavy atom. The van der Waals surface area contributed by atoms with Gasteiger partial charge in [0.15, 0.2) is 11.5 Å². The number of halogens is 4. The molecule has 2 aromatic carbocycles. The van der Waals surface area contributed by atoms with Gasteiger partial charge < -0.3 is 16.2 Å². The summed E-state index contributed by atoms with van der Waals surface area (Å²) in [4.78, 5) is 24.5. The minimum atomic E-state index is -0.964. The molecule has 144 valence electrons. The maximum Gasteiger partial charge on any atom is 0.328 e. The predicted molar refractivity (Wildman–Crippen MR) is 108 cm³/mol. The van der Waals surface area contributed by atoms with Gasteiger partial charge in [-0.1, -0.05) is 46.4 Å². The topological polar surface area (TPSA) is 95.4 Å². The molecule has 0 saturated heterocycles. The second kappa shape index (κ2) is 9.24. The highest BCUT2D eigenvalue weighted by atomic mass is 35.5. The number of ether oxygens (including phenoxy) is 1. The molecule has 0 aliphatic heterocycles. The largest absolute Gasteiger partial charge is 0.424 e. The van der Waals surface area contributed by atoms with E-state index in [0.29, 0.717) is 15.6 Å². The first kappa shape index (κ1) is 22.0. The number of rotatable bonds is 6. The van der Waals surface area contributed by atoms with Gasteiger partial charge in [-0.15, -0.1) is 0 Å². The molecule has 0 aliphatic rings. The average molecular weight is 450 g/mol. The number of carbonyl (C=O) groups excluding carboxylic acids is 2. The Morgan fingerprint density at radius 2 is 1.70 bits per heavy atom. The molecule has 0 spiro atoms. The molecule has 0 heterocycles. The third-order valence-electron chi connectivity index (χ3n) is 3.64. The van der Waals surface area contributed by atoms with Crippen LogP contribution in [0, 0.1) is 0 Å². The minimum Gasteiger partial charge on any atom is -0.424 e. The molecule has 27 heavy (non-hydrogen) atoms. The van der Waals surface area contributed by atoms with E-state index in [1.54, 1.807) is 18.2 Å². The maximum atomic E-state index is 12.8. The normalized spacial score (nSPS) is 13.1. The lowest BCUT2D eigenvalue weighted by molar-refractivity contribution is -0.135. The zero-order valence-electron chi connectivity index (χ0n) is 14.1. The standard InChI is InChI=1S/C18H16Cl4N2O3/c1-8(23)18(26)27-15-7-11(20)6-12(16(15)22)17(25)14(24)5-9-4-10(19)2-3-13(9)21/h2-4,6-8,14H,5,23-24H2,1H3/t8-,14-/m0/s1. The quantitative estimate of drug-likeness (QED) is 0.389. The minimum absolute atomic E-state index is 0.0299. The molecule has 2 atom stereocenters. The molecule has 2 rings (SSSR count). The molecule has 5 nitrogen and oxygen atoms in total. The number of hydrogen-bond donors (Lipinski definition) is 2. The lowest BCUT2D eigenvalue weighted by Gasteiger charge is -2.15. The summed E-state index contributed by atoms with van der Waals surface area (Å²) in [6.07, 6.45) is 0.135. The summed E-state index contributed by atoms with van der Waals surface area (Å²) in [7, 11) is 0. The molecule has 0 aliphatic carbocycles. The van der Waals surface area contributed by atoms with Crippen LogP contribution in [0.3, 0.4) is 0 Å². The zero-order chi connectivity index (χ0) is 20.3. The van der Waals surface area contributed by atoms with Gasteiger partial charge in [-0.25, -0.2) is 4.79 Å². The highest BCUT2D eigenvalue weighted by Crippen LogP contribution is 2.33. The van der Waals surface area contributed by atoms with Crippen LogP contribution >= 0.6 is 46.4 Å². The smallest absolute Gasteiger partial charge is 0.328 e. The van der Waals surface area contributed by atoms with Crippen LogP contribution in [0.25, 0.3) is 0 Å². The Morgan fingerprint density at radius 3 is 2.33 bits per heavy atom. The second-order valence-electron chi connectivity index (χ2n) is 5.89. The van der Waals surface area contributed by atoms with Gasteiger partial charge in [-0.2, -0.15) is 0 Å². The van der Waals surface area contributed by atoms with Crippen LogP contribution in [0.15, 0.2) is 30.3 Å². The molecule has 0 bridgehead atoms. The maximum absolute atomic E-state index is 12.8. The Labute approximate surface area is 176 Å². The average Bonchev–Trinajstić information content (AvgIpc) is 2.60. The van der Waals surface area contributed by atoms with Crippen molar-refractivity contribution in [3.05, 3.63) is 61.5 Å². The summed E-state index contributed by atoms with van der Waals surface area (Å²) in [6.45, 7) is 1.46. The second-order valence-corrected chi connectivity index (χ2v) is 7.54. The van der Waals surface area contributed by atoms with Gasteiger partial charge in [0.05, 0.1) is 11.1 Å². The molecule has 0 radical (unpaired) electrons. The molecule has 2 aromatic rings. The summed E-state index contributed by atoms with van der Waals surface area (Å²) in [5.74, 6) is -1.27. The molecular weight excluding hydrogens is 434 g/mol. The van der Waals surface area contributed by atoms with Gasteiger partial charge in [0.2, 0.25) is 0 Å². The van der Waals surface area contributed by atoms with Crippen LogP contribution < -0.4 is 16.2 Å². The van der Waals surface area contributed by atoms with E-state index in [2.05, 4.69) is 0 Å². The van der Waals surface area contributed by atoms with Crippen LogP contribution in [0.5, 0.6) is 5.75 Å². The van der Waals surface area contributed by atoms with Crippen LogP contribution in [0.2, 0.25) is 20.1 Å². The monoisotopic (exact) mass is 448 g/mol. The van der Waals surface area contributed by atoms with E-state index < -0.39 is 23.8 Å². The number of benzene rings is 2. The lowest BCUT2D eigenvalue weighted by Crippen LogP contribution is -2.33. The number of Topliss-reactive ketones (excluding diaryl/α,β-unsaturated/α-hetero) is 1. The van der Waals surface area contributed by atoms with Crippen LogP contribution in [0.1, 0.15) is 22.8 Å². The Balaban J connectivity index is 2.30. The van der Waals surface area contributed by atoms with Crippen molar-refractivity contribution in [2.24, 2.45) is 11.5 Å². The Kier molecular flexibility index (Phi) is 7.51. The highest BCUT2D eigenvalue weighted by Gasteiger charge is 2.24. The summed E-state index contributed by atoms with van der Waals surface area (Å²) < 4.78 is 5.10. The fourth-order valence-electron chi connectivity index (χ4n) is 2.25. The zero-order valence-corrected chi connectivity index (χ0v) is 17.2. The van der Waals surface area contributed by atoms with E-state index in [4.69, 9.17) is 62.6 Å². The molecule has 0 saturated carbocycles. The highest BCUT2D eigenvalue weighted by molar-refractivity contribution is 6.37. The van der Waals surface area contributed by atoms with Crippen LogP contribution in [0.4, 0.5) is 0 Å². The van der Waals surface area contributed by atoms with E-state index in [-0.39, 0.29) is 27.8 Å². The Hall–Kier alpha value is -1.34. The van der Waals surface area contributed by atoms with Crippen LogP contribution in [-0.2, 0) is 11.2 Å². The van der Waals surface area contributed by atoms with Crippen molar-refractivity contribution in [1.29, 1.82) is 0 Å². The molecule has 0 fully saturated rings. The first-order valence-electron chi connectivity index (χ1n) is 7.80. The number of carbonyl (C=O) groups is 2. The van der Waals surface area contributed by atoms with Gasteiger partial charge in [0.25, 0.3) is 0 Å². The van der Waals surface area contributed by atoms with Crippen molar-refractivity contribution < 1.29 is 14.3 Å². The Bertz CT molecular complexity index is 887. The van der Waals surface area contributed by atoms with Crippen molar-refractivity contribution in [3.63, 3.8) is 0 Å². The number of hydrogen-bond acceptors (Lipinski definition) is 5.